The quantitative estimate of drug-likeness (QED) is 0.633. The number of rotatable bonds is 10. The van der Waals surface area contributed by atoms with Crippen LogP contribution in [0.1, 0.15) is 66.7 Å². The van der Waals surface area contributed by atoms with Gasteiger partial charge in [-0.05, 0) is 39.2 Å². The second-order valence-corrected chi connectivity index (χ2v) is 5.88. The molecule has 1 atom stereocenters. The van der Waals surface area contributed by atoms with Gasteiger partial charge in [-0.3, -0.25) is 4.90 Å². The van der Waals surface area contributed by atoms with Crippen LogP contribution in [0.25, 0.3) is 0 Å². The van der Waals surface area contributed by atoms with Gasteiger partial charge in [0.15, 0.2) is 0 Å². The van der Waals surface area contributed by atoms with Crippen LogP contribution in [-0.4, -0.2) is 30.1 Å². The molecule has 1 unspecified atom stereocenters. The molecule has 0 fully saturated rings. The second-order valence-electron chi connectivity index (χ2n) is 5.88. The molecule has 17 heavy (non-hydrogen) atoms. The molecule has 104 valence electrons. The maximum Gasteiger partial charge on any atom is 0.0275 e. The molecule has 0 saturated heterocycles. The van der Waals surface area contributed by atoms with Gasteiger partial charge < -0.3 is 5.73 Å². The fraction of sp³-hybridized carbons (Fsp3) is 1.00. The minimum atomic E-state index is 0.148. The highest BCUT2D eigenvalue weighted by Gasteiger charge is 2.26. The van der Waals surface area contributed by atoms with Crippen LogP contribution in [0.4, 0.5) is 0 Å². The Balaban J connectivity index is 4.39. The van der Waals surface area contributed by atoms with Crippen molar-refractivity contribution in [2.24, 2.45) is 11.7 Å². The first-order chi connectivity index (χ1) is 8.01. The minimum absolute atomic E-state index is 0.148. The number of hydrogen-bond donors (Lipinski definition) is 1. The van der Waals surface area contributed by atoms with Crippen molar-refractivity contribution in [3.63, 3.8) is 0 Å². The van der Waals surface area contributed by atoms with Crippen molar-refractivity contribution in [3.05, 3.63) is 0 Å². The second kappa shape index (κ2) is 8.93. The number of unbranched alkanes of at least 4 members (excludes halogenated alkanes) is 1. The van der Waals surface area contributed by atoms with Crippen LogP contribution in [0.3, 0.4) is 0 Å². The molecule has 0 aromatic rings. The van der Waals surface area contributed by atoms with Crippen LogP contribution in [0.15, 0.2) is 0 Å². The number of hydrogen-bond acceptors (Lipinski definition) is 2. The standard InChI is InChI=1S/C15H34N2/c1-6-9-10-14(8-3)12-17(11-7-2)15(4,5)13-16/h14H,6-13,16H2,1-5H3. The van der Waals surface area contributed by atoms with E-state index in [2.05, 4.69) is 39.5 Å². The van der Waals surface area contributed by atoms with Crippen molar-refractivity contribution >= 4 is 0 Å². The fourth-order valence-corrected chi connectivity index (χ4v) is 2.27. The van der Waals surface area contributed by atoms with E-state index in [1.54, 1.807) is 0 Å². The third kappa shape index (κ3) is 6.42. The molecule has 0 saturated carbocycles. The Hall–Kier alpha value is -0.0800. The molecule has 0 spiro atoms. The maximum atomic E-state index is 5.91. The van der Waals surface area contributed by atoms with E-state index in [0.29, 0.717) is 0 Å². The summed E-state index contributed by atoms with van der Waals surface area (Å²) in [6.07, 6.45) is 6.55. The van der Waals surface area contributed by atoms with Crippen LogP contribution < -0.4 is 5.73 Å². The first kappa shape index (κ1) is 16.9. The van der Waals surface area contributed by atoms with E-state index in [4.69, 9.17) is 5.73 Å². The van der Waals surface area contributed by atoms with E-state index in [1.165, 1.54) is 45.2 Å². The molecule has 0 aliphatic heterocycles. The van der Waals surface area contributed by atoms with Crippen molar-refractivity contribution in [2.45, 2.75) is 72.3 Å². The summed E-state index contributed by atoms with van der Waals surface area (Å²) in [5.74, 6) is 0.840. The number of nitrogens with two attached hydrogens (primary N) is 1. The highest BCUT2D eigenvalue weighted by Crippen LogP contribution is 2.20. The van der Waals surface area contributed by atoms with Crippen molar-refractivity contribution in [2.75, 3.05) is 19.6 Å². The summed E-state index contributed by atoms with van der Waals surface area (Å²) in [7, 11) is 0. The molecule has 0 bridgehead atoms. The fourth-order valence-electron chi connectivity index (χ4n) is 2.27. The van der Waals surface area contributed by atoms with Gasteiger partial charge in [0.25, 0.3) is 0 Å². The Morgan fingerprint density at radius 2 is 1.76 bits per heavy atom. The first-order valence-electron chi connectivity index (χ1n) is 7.46. The largest absolute Gasteiger partial charge is 0.329 e. The average Bonchev–Trinajstić information content (AvgIpc) is 2.33. The molecule has 0 amide bonds. The first-order valence-corrected chi connectivity index (χ1v) is 7.46. The van der Waals surface area contributed by atoms with Gasteiger partial charge in [0.1, 0.15) is 0 Å². The molecular weight excluding hydrogens is 208 g/mol. The van der Waals surface area contributed by atoms with Crippen LogP contribution in [0.2, 0.25) is 0 Å². The molecule has 0 radical (unpaired) electrons. The third-order valence-corrected chi connectivity index (χ3v) is 3.87. The minimum Gasteiger partial charge on any atom is -0.329 e. The van der Waals surface area contributed by atoms with Crippen molar-refractivity contribution in [1.82, 2.24) is 4.90 Å². The van der Waals surface area contributed by atoms with E-state index in [9.17, 15) is 0 Å². The lowest BCUT2D eigenvalue weighted by Gasteiger charge is -2.39. The van der Waals surface area contributed by atoms with Gasteiger partial charge in [-0.25, -0.2) is 0 Å². The van der Waals surface area contributed by atoms with E-state index in [0.717, 1.165) is 12.5 Å². The molecule has 2 heteroatoms. The average molecular weight is 242 g/mol. The summed E-state index contributed by atoms with van der Waals surface area (Å²) in [6, 6.07) is 0. The lowest BCUT2D eigenvalue weighted by atomic mass is 9.95. The number of nitrogens with zero attached hydrogens (tertiary/aromatic N) is 1. The Morgan fingerprint density at radius 3 is 2.18 bits per heavy atom. The summed E-state index contributed by atoms with van der Waals surface area (Å²) in [5, 5.41) is 0. The highest BCUT2D eigenvalue weighted by atomic mass is 15.2. The topological polar surface area (TPSA) is 29.3 Å². The molecule has 0 aromatic carbocycles. The predicted octanol–water partition coefficient (Wildman–Crippen LogP) is 3.65. The molecule has 2 N–H and O–H groups in total. The lowest BCUT2D eigenvalue weighted by molar-refractivity contribution is 0.100. The zero-order valence-corrected chi connectivity index (χ0v) is 12.8. The van der Waals surface area contributed by atoms with E-state index >= 15 is 0 Å². The van der Waals surface area contributed by atoms with Gasteiger partial charge in [0, 0.05) is 18.6 Å². The summed E-state index contributed by atoms with van der Waals surface area (Å²) in [4.78, 5) is 2.59. The molecule has 0 aliphatic carbocycles. The van der Waals surface area contributed by atoms with Gasteiger partial charge in [-0.1, -0.05) is 40.0 Å². The zero-order chi connectivity index (χ0) is 13.3. The van der Waals surface area contributed by atoms with Gasteiger partial charge in [-0.15, -0.1) is 0 Å². The van der Waals surface area contributed by atoms with Crippen LogP contribution in [0, 0.1) is 5.92 Å². The Kier molecular flexibility index (Phi) is 8.89. The van der Waals surface area contributed by atoms with Crippen LogP contribution in [-0.2, 0) is 0 Å². The normalized spacial score (nSPS) is 14.3. The smallest absolute Gasteiger partial charge is 0.0275 e. The molecule has 0 aromatic heterocycles. The van der Waals surface area contributed by atoms with E-state index < -0.39 is 0 Å². The summed E-state index contributed by atoms with van der Waals surface area (Å²) >= 11 is 0. The lowest BCUT2D eigenvalue weighted by Crippen LogP contribution is -2.51. The van der Waals surface area contributed by atoms with Gasteiger partial charge in [0.05, 0.1) is 0 Å². The van der Waals surface area contributed by atoms with Crippen molar-refractivity contribution in [1.29, 1.82) is 0 Å². The van der Waals surface area contributed by atoms with Crippen LogP contribution in [0.5, 0.6) is 0 Å². The molecule has 0 heterocycles. The SMILES string of the molecule is CCCCC(CC)CN(CCC)C(C)(C)CN. The summed E-state index contributed by atoms with van der Waals surface area (Å²) in [5.41, 5.74) is 6.06. The van der Waals surface area contributed by atoms with Crippen LogP contribution >= 0.6 is 0 Å². The molecule has 2 nitrogen and oxygen atoms in total. The molecular formula is C15H34N2. The zero-order valence-electron chi connectivity index (χ0n) is 12.8. The van der Waals surface area contributed by atoms with Gasteiger partial charge >= 0.3 is 0 Å². The maximum absolute atomic E-state index is 5.91. The summed E-state index contributed by atoms with van der Waals surface area (Å²) in [6.45, 7) is 14.5. The van der Waals surface area contributed by atoms with Crippen molar-refractivity contribution in [3.8, 4) is 0 Å². The van der Waals surface area contributed by atoms with Gasteiger partial charge in [-0.2, -0.15) is 0 Å². The predicted molar refractivity (Wildman–Crippen MR) is 78.3 cm³/mol. The van der Waals surface area contributed by atoms with Gasteiger partial charge in [0.2, 0.25) is 0 Å². The Morgan fingerprint density at radius 1 is 1.12 bits per heavy atom. The monoisotopic (exact) mass is 242 g/mol. The third-order valence-electron chi connectivity index (χ3n) is 3.87. The highest BCUT2D eigenvalue weighted by molar-refractivity contribution is 4.83. The molecule has 0 aliphatic rings. The van der Waals surface area contributed by atoms with E-state index in [1.807, 2.05) is 0 Å². The van der Waals surface area contributed by atoms with Crippen molar-refractivity contribution < 1.29 is 0 Å². The Bertz CT molecular complexity index is 178. The summed E-state index contributed by atoms with van der Waals surface area (Å²) < 4.78 is 0. The van der Waals surface area contributed by atoms with E-state index in [-0.39, 0.29) is 5.54 Å². The Labute approximate surface area is 109 Å². The molecule has 0 rings (SSSR count).